The lowest BCUT2D eigenvalue weighted by molar-refractivity contribution is 0.349. The Morgan fingerprint density at radius 2 is 1.72 bits per heavy atom. The second-order valence-corrected chi connectivity index (χ2v) is 4.70. The van der Waals surface area contributed by atoms with Crippen molar-refractivity contribution < 1.29 is 0 Å². The van der Waals surface area contributed by atoms with Crippen molar-refractivity contribution in [2.45, 2.75) is 47.1 Å². The van der Waals surface area contributed by atoms with Gasteiger partial charge in [0, 0.05) is 11.4 Å². The predicted octanol–water partition coefficient (Wildman–Crippen LogP) is 5.21. The minimum Gasteiger partial charge on any atom is -0.339 e. The quantitative estimate of drug-likeness (QED) is 0.439. The Morgan fingerprint density at radius 3 is 2.06 bits per heavy atom. The van der Waals surface area contributed by atoms with E-state index in [0.717, 1.165) is 29.0 Å². The van der Waals surface area contributed by atoms with Gasteiger partial charge in [-0.2, -0.15) is 0 Å². The van der Waals surface area contributed by atoms with Crippen LogP contribution in [0.3, 0.4) is 0 Å². The molecule has 0 unspecified atom stereocenters. The lowest BCUT2D eigenvalue weighted by Crippen LogP contribution is -2.33. The summed E-state index contributed by atoms with van der Waals surface area (Å²) in [5, 5.41) is 0. The van der Waals surface area contributed by atoms with E-state index in [1.54, 1.807) is 0 Å². The summed E-state index contributed by atoms with van der Waals surface area (Å²) in [6.45, 7) is 22.7. The Morgan fingerprint density at radius 1 is 1.17 bits per heavy atom. The molecule has 0 aliphatic rings. The second-order valence-electron chi connectivity index (χ2n) is 4.70. The Kier molecular flexibility index (Phi) is 7.11. The summed E-state index contributed by atoms with van der Waals surface area (Å²) in [7, 11) is 0. The molecule has 0 bridgehead atoms. The standard InChI is InChI=1S/C17H27N/c1-9-11-12-15(7)16(8)18(14(5)6)17(10-2)13(3)4/h9,11-12,17H,3,5,8,10H2,1-2,4,6-7H3/b11-9-,15-12-/t17-/m1/s1. The van der Waals surface area contributed by atoms with Crippen molar-refractivity contribution in [3.8, 4) is 0 Å². The van der Waals surface area contributed by atoms with Gasteiger partial charge in [-0.15, -0.1) is 0 Å². The van der Waals surface area contributed by atoms with E-state index in [2.05, 4.69) is 51.5 Å². The lowest BCUT2D eigenvalue weighted by atomic mass is 10.0. The van der Waals surface area contributed by atoms with E-state index in [-0.39, 0.29) is 6.04 Å². The van der Waals surface area contributed by atoms with Gasteiger partial charge in [-0.3, -0.25) is 0 Å². The van der Waals surface area contributed by atoms with E-state index in [1.165, 1.54) is 0 Å². The fraction of sp³-hybridized carbons (Fsp3) is 0.412. The molecule has 0 radical (unpaired) electrons. The van der Waals surface area contributed by atoms with Crippen LogP contribution in [-0.2, 0) is 0 Å². The molecule has 0 heterocycles. The molecule has 0 fully saturated rings. The van der Waals surface area contributed by atoms with Crippen LogP contribution >= 0.6 is 0 Å². The first-order chi connectivity index (χ1) is 8.36. The molecule has 0 aliphatic heterocycles. The van der Waals surface area contributed by atoms with Gasteiger partial charge in [0.05, 0.1) is 6.04 Å². The molecule has 0 N–H and O–H groups in total. The van der Waals surface area contributed by atoms with Gasteiger partial charge >= 0.3 is 0 Å². The fourth-order valence-electron chi connectivity index (χ4n) is 1.96. The summed E-state index contributed by atoms with van der Waals surface area (Å²) in [5.74, 6) is 0. The van der Waals surface area contributed by atoms with Crippen molar-refractivity contribution in [3.05, 3.63) is 60.5 Å². The van der Waals surface area contributed by atoms with Crippen LogP contribution in [0.2, 0.25) is 0 Å². The molecule has 0 aliphatic carbocycles. The third-order valence-corrected chi connectivity index (χ3v) is 2.96. The molecule has 0 aromatic heterocycles. The summed E-state index contributed by atoms with van der Waals surface area (Å²) >= 11 is 0. The van der Waals surface area contributed by atoms with Crippen LogP contribution in [0.15, 0.2) is 60.5 Å². The smallest absolute Gasteiger partial charge is 0.0539 e. The van der Waals surface area contributed by atoms with Gasteiger partial charge in [-0.1, -0.05) is 50.5 Å². The average Bonchev–Trinajstić information content (AvgIpc) is 2.30. The van der Waals surface area contributed by atoms with Crippen molar-refractivity contribution in [2.75, 3.05) is 0 Å². The second kappa shape index (κ2) is 7.75. The molecule has 0 saturated carbocycles. The van der Waals surface area contributed by atoms with Crippen LogP contribution < -0.4 is 0 Å². The Labute approximate surface area is 113 Å². The van der Waals surface area contributed by atoms with Gasteiger partial charge in [0.15, 0.2) is 0 Å². The molecule has 100 valence electrons. The molecule has 0 amide bonds. The first kappa shape index (κ1) is 16.5. The largest absolute Gasteiger partial charge is 0.339 e. The molecule has 1 atom stereocenters. The molecule has 0 aromatic carbocycles. The molecule has 1 nitrogen and oxygen atoms in total. The van der Waals surface area contributed by atoms with E-state index in [0.29, 0.717) is 0 Å². The lowest BCUT2D eigenvalue weighted by Gasteiger charge is -2.35. The third-order valence-electron chi connectivity index (χ3n) is 2.96. The molecular formula is C17H27N. The summed E-state index contributed by atoms with van der Waals surface area (Å²) in [6, 6.07) is 0.268. The number of allylic oxidation sites excluding steroid dienone is 5. The van der Waals surface area contributed by atoms with E-state index >= 15 is 0 Å². The van der Waals surface area contributed by atoms with Gasteiger partial charge in [-0.05, 0) is 39.7 Å². The Bertz CT molecular complexity index is 382. The van der Waals surface area contributed by atoms with Crippen LogP contribution in [-0.4, -0.2) is 10.9 Å². The monoisotopic (exact) mass is 245 g/mol. The highest BCUT2D eigenvalue weighted by molar-refractivity contribution is 5.33. The molecule has 0 rings (SSSR count). The topological polar surface area (TPSA) is 3.24 Å². The third kappa shape index (κ3) is 4.40. The minimum absolute atomic E-state index is 0.268. The SMILES string of the molecule is C=C(C)[C@@H](CC)N(C(=C)C)C(=C)/C(C)=C\C=C/C. The number of hydrogen-bond acceptors (Lipinski definition) is 1. The number of nitrogens with zero attached hydrogens (tertiary/aromatic N) is 1. The highest BCUT2D eigenvalue weighted by Gasteiger charge is 2.20. The minimum atomic E-state index is 0.268. The van der Waals surface area contributed by atoms with Crippen molar-refractivity contribution in [3.63, 3.8) is 0 Å². The van der Waals surface area contributed by atoms with Crippen LogP contribution in [0.25, 0.3) is 0 Å². The van der Waals surface area contributed by atoms with E-state index in [1.807, 2.05) is 26.0 Å². The zero-order valence-corrected chi connectivity index (χ0v) is 12.6. The van der Waals surface area contributed by atoms with E-state index in [4.69, 9.17) is 0 Å². The fourth-order valence-corrected chi connectivity index (χ4v) is 1.96. The number of rotatable bonds is 7. The maximum atomic E-state index is 4.20. The Balaban J connectivity index is 5.31. The average molecular weight is 245 g/mol. The van der Waals surface area contributed by atoms with E-state index in [9.17, 15) is 0 Å². The van der Waals surface area contributed by atoms with Crippen molar-refractivity contribution in [1.82, 2.24) is 4.90 Å². The van der Waals surface area contributed by atoms with Crippen molar-refractivity contribution in [1.29, 1.82) is 0 Å². The number of hydrogen-bond donors (Lipinski definition) is 0. The van der Waals surface area contributed by atoms with Gasteiger partial charge in [0.1, 0.15) is 0 Å². The summed E-state index contributed by atoms with van der Waals surface area (Å²) in [4.78, 5) is 2.18. The van der Waals surface area contributed by atoms with Crippen LogP contribution in [0.1, 0.15) is 41.0 Å². The Hall–Kier alpha value is -1.50. The van der Waals surface area contributed by atoms with E-state index < -0.39 is 0 Å². The maximum absolute atomic E-state index is 4.20. The molecule has 18 heavy (non-hydrogen) atoms. The highest BCUT2D eigenvalue weighted by atomic mass is 15.2. The summed E-state index contributed by atoms with van der Waals surface area (Å²) in [6.07, 6.45) is 7.11. The first-order valence-electron chi connectivity index (χ1n) is 6.45. The summed E-state index contributed by atoms with van der Waals surface area (Å²) in [5.41, 5.74) is 4.29. The first-order valence-corrected chi connectivity index (χ1v) is 6.45. The van der Waals surface area contributed by atoms with Gasteiger partial charge in [0.25, 0.3) is 0 Å². The molecule has 0 aromatic rings. The predicted molar refractivity (Wildman–Crippen MR) is 83.3 cm³/mol. The molecule has 0 saturated heterocycles. The van der Waals surface area contributed by atoms with Crippen LogP contribution in [0.5, 0.6) is 0 Å². The normalized spacial score (nSPS) is 13.5. The van der Waals surface area contributed by atoms with Gasteiger partial charge in [-0.25, -0.2) is 0 Å². The van der Waals surface area contributed by atoms with Crippen LogP contribution in [0, 0.1) is 0 Å². The molecule has 1 heteroatoms. The maximum Gasteiger partial charge on any atom is 0.0539 e. The molecule has 0 spiro atoms. The van der Waals surface area contributed by atoms with Crippen LogP contribution in [0.4, 0.5) is 0 Å². The molecular weight excluding hydrogens is 218 g/mol. The van der Waals surface area contributed by atoms with Gasteiger partial charge < -0.3 is 4.90 Å². The zero-order chi connectivity index (χ0) is 14.3. The highest BCUT2D eigenvalue weighted by Crippen LogP contribution is 2.25. The zero-order valence-electron chi connectivity index (χ0n) is 12.6. The van der Waals surface area contributed by atoms with Crippen molar-refractivity contribution >= 4 is 0 Å². The van der Waals surface area contributed by atoms with Crippen molar-refractivity contribution in [2.24, 2.45) is 0 Å². The van der Waals surface area contributed by atoms with Gasteiger partial charge in [0.2, 0.25) is 0 Å². The summed E-state index contributed by atoms with van der Waals surface area (Å²) < 4.78 is 0.